The lowest BCUT2D eigenvalue weighted by Gasteiger charge is -2.03. The van der Waals surface area contributed by atoms with E-state index in [0.29, 0.717) is 0 Å². The van der Waals surface area contributed by atoms with Crippen LogP contribution in [0, 0.1) is 0 Å². The molecule has 0 heterocycles. The van der Waals surface area contributed by atoms with Crippen LogP contribution in [0.3, 0.4) is 0 Å². The van der Waals surface area contributed by atoms with Crippen LogP contribution in [0.2, 0.25) is 0 Å². The Labute approximate surface area is 88.3 Å². The fraction of sp³-hybridized carbons (Fsp3) is 1.00. The lowest BCUT2D eigenvalue weighted by Crippen LogP contribution is -2.29. The molecule has 0 aromatic rings. The normalized spacial score (nSPS) is 9.00. The zero-order valence-corrected chi connectivity index (χ0v) is 9.42. The largest absolute Gasteiger partial charge is 0.316 e. The van der Waals surface area contributed by atoms with Crippen LogP contribution in [-0.4, -0.2) is 6.17 Å². The summed E-state index contributed by atoms with van der Waals surface area (Å²) in [5.74, 6) is 0. The van der Waals surface area contributed by atoms with E-state index < -0.39 is 0 Å². The van der Waals surface area contributed by atoms with Crippen molar-refractivity contribution in [2.45, 2.75) is 51.6 Å². The van der Waals surface area contributed by atoms with E-state index in [9.17, 15) is 0 Å². The van der Waals surface area contributed by atoms with E-state index in [0.717, 1.165) is 6.42 Å². The van der Waals surface area contributed by atoms with Gasteiger partial charge in [-0.2, -0.15) is 0 Å². The van der Waals surface area contributed by atoms with E-state index in [1.54, 1.807) is 0 Å². The average Bonchev–Trinajstić information content (AvgIpc) is 1.87. The van der Waals surface area contributed by atoms with Gasteiger partial charge in [0.25, 0.3) is 0 Å². The van der Waals surface area contributed by atoms with Gasteiger partial charge < -0.3 is 11.5 Å². The molecule has 0 saturated carbocycles. The molecule has 0 rings (SSSR count). The zero-order chi connectivity index (χ0) is 7.82. The predicted molar refractivity (Wildman–Crippen MR) is 60.0 cm³/mol. The van der Waals surface area contributed by atoms with Gasteiger partial charge in [-0.15, -0.1) is 24.8 Å². The van der Waals surface area contributed by atoms with E-state index in [1.165, 1.54) is 32.1 Å². The topological polar surface area (TPSA) is 52.0 Å². The lowest BCUT2D eigenvalue weighted by atomic mass is 10.1. The molecule has 0 aliphatic heterocycles. The van der Waals surface area contributed by atoms with Crippen molar-refractivity contribution >= 4 is 24.8 Å². The number of hydrogen-bond donors (Lipinski definition) is 2. The highest BCUT2D eigenvalue weighted by molar-refractivity contribution is 5.85. The Kier molecular flexibility index (Phi) is 21.4. The van der Waals surface area contributed by atoms with Crippen molar-refractivity contribution in [2.75, 3.05) is 0 Å². The van der Waals surface area contributed by atoms with Gasteiger partial charge in [0.1, 0.15) is 0 Å². The lowest BCUT2D eigenvalue weighted by molar-refractivity contribution is 0.551. The standard InChI is InChI=1S/C8H20N2.2ClH/c1-2-3-4-5-6-7-8(9)10;;/h8H,2-7,9-10H2,1H3;2*1H. The van der Waals surface area contributed by atoms with Crippen LogP contribution in [-0.2, 0) is 0 Å². The number of halogens is 2. The number of unbranched alkanes of at least 4 members (excludes halogenated alkanes) is 4. The molecule has 0 amide bonds. The summed E-state index contributed by atoms with van der Waals surface area (Å²) >= 11 is 0. The van der Waals surface area contributed by atoms with Gasteiger partial charge in [0, 0.05) is 0 Å². The summed E-state index contributed by atoms with van der Waals surface area (Å²) in [6.45, 7) is 2.22. The Bertz CT molecular complexity index is 70.1. The van der Waals surface area contributed by atoms with Crippen LogP contribution in [0.15, 0.2) is 0 Å². The Morgan fingerprint density at radius 2 is 1.42 bits per heavy atom. The molecule has 4 heteroatoms. The van der Waals surface area contributed by atoms with Gasteiger partial charge in [0.15, 0.2) is 0 Å². The maximum Gasteiger partial charge on any atom is 0.0520 e. The van der Waals surface area contributed by atoms with Crippen molar-refractivity contribution in [1.82, 2.24) is 0 Å². The number of hydrogen-bond acceptors (Lipinski definition) is 2. The summed E-state index contributed by atoms with van der Waals surface area (Å²) in [5, 5.41) is 0. The van der Waals surface area contributed by atoms with Gasteiger partial charge in [-0.1, -0.05) is 39.0 Å². The summed E-state index contributed by atoms with van der Waals surface area (Å²) in [6, 6.07) is 0. The molecule has 0 aliphatic carbocycles. The van der Waals surface area contributed by atoms with Crippen molar-refractivity contribution in [1.29, 1.82) is 0 Å². The van der Waals surface area contributed by atoms with Crippen molar-refractivity contribution < 1.29 is 0 Å². The first-order chi connectivity index (χ1) is 4.77. The van der Waals surface area contributed by atoms with Gasteiger partial charge in [0.05, 0.1) is 6.17 Å². The highest BCUT2D eigenvalue weighted by Crippen LogP contribution is 2.04. The van der Waals surface area contributed by atoms with Crippen LogP contribution in [0.5, 0.6) is 0 Å². The summed E-state index contributed by atoms with van der Waals surface area (Å²) in [7, 11) is 0. The molecule has 0 saturated heterocycles. The van der Waals surface area contributed by atoms with Crippen molar-refractivity contribution in [2.24, 2.45) is 11.5 Å². The quantitative estimate of drug-likeness (QED) is 0.530. The highest BCUT2D eigenvalue weighted by atomic mass is 35.5. The second kappa shape index (κ2) is 14.0. The van der Waals surface area contributed by atoms with Crippen molar-refractivity contribution in [3.05, 3.63) is 0 Å². The molecule has 78 valence electrons. The summed E-state index contributed by atoms with van der Waals surface area (Å²) in [6.07, 6.45) is 7.35. The minimum Gasteiger partial charge on any atom is -0.316 e. The fourth-order valence-electron chi connectivity index (χ4n) is 0.984. The number of nitrogens with two attached hydrogens (primary N) is 2. The van der Waals surface area contributed by atoms with E-state index in [4.69, 9.17) is 11.5 Å². The van der Waals surface area contributed by atoms with Gasteiger partial charge in [-0.25, -0.2) is 0 Å². The van der Waals surface area contributed by atoms with E-state index in [1.807, 2.05) is 0 Å². The Morgan fingerprint density at radius 3 is 1.83 bits per heavy atom. The van der Waals surface area contributed by atoms with Gasteiger partial charge in [-0.3, -0.25) is 0 Å². The van der Waals surface area contributed by atoms with E-state index in [2.05, 4.69) is 6.92 Å². The molecule has 4 N–H and O–H groups in total. The van der Waals surface area contributed by atoms with Crippen LogP contribution in [0.4, 0.5) is 0 Å². The molecule has 0 atom stereocenters. The maximum absolute atomic E-state index is 5.38. The molecule has 0 aliphatic rings. The van der Waals surface area contributed by atoms with Gasteiger partial charge >= 0.3 is 0 Å². The van der Waals surface area contributed by atoms with Crippen LogP contribution >= 0.6 is 24.8 Å². The third-order valence-corrected chi connectivity index (χ3v) is 1.64. The van der Waals surface area contributed by atoms with Crippen LogP contribution < -0.4 is 11.5 Å². The molecule has 0 bridgehead atoms. The third-order valence-electron chi connectivity index (χ3n) is 1.64. The molecule has 0 aromatic heterocycles. The first-order valence-electron chi connectivity index (χ1n) is 4.28. The maximum atomic E-state index is 5.38. The molecular weight excluding hydrogens is 195 g/mol. The molecular formula is C8H22Cl2N2. The Morgan fingerprint density at radius 1 is 0.917 bits per heavy atom. The first kappa shape index (κ1) is 18.3. The fourth-order valence-corrected chi connectivity index (χ4v) is 0.984. The van der Waals surface area contributed by atoms with Crippen molar-refractivity contribution in [3.63, 3.8) is 0 Å². The van der Waals surface area contributed by atoms with E-state index >= 15 is 0 Å². The highest BCUT2D eigenvalue weighted by Gasteiger charge is 1.92. The number of rotatable bonds is 6. The van der Waals surface area contributed by atoms with Gasteiger partial charge in [0.2, 0.25) is 0 Å². The van der Waals surface area contributed by atoms with Gasteiger partial charge in [-0.05, 0) is 6.42 Å². The van der Waals surface area contributed by atoms with Crippen molar-refractivity contribution in [3.8, 4) is 0 Å². The monoisotopic (exact) mass is 216 g/mol. The Hall–Kier alpha value is 0.500. The second-order valence-corrected chi connectivity index (χ2v) is 2.87. The predicted octanol–water partition coefficient (Wildman–Crippen LogP) is 2.43. The summed E-state index contributed by atoms with van der Waals surface area (Å²) < 4.78 is 0. The summed E-state index contributed by atoms with van der Waals surface area (Å²) in [4.78, 5) is 0. The molecule has 0 unspecified atom stereocenters. The summed E-state index contributed by atoms with van der Waals surface area (Å²) in [5.41, 5.74) is 10.8. The third kappa shape index (κ3) is 16.8. The SMILES string of the molecule is CCCCCCCC(N)N.Cl.Cl. The minimum atomic E-state index is -0.0957. The van der Waals surface area contributed by atoms with E-state index in [-0.39, 0.29) is 31.0 Å². The molecule has 0 radical (unpaired) electrons. The van der Waals surface area contributed by atoms with Crippen LogP contribution in [0.25, 0.3) is 0 Å². The molecule has 2 nitrogen and oxygen atoms in total. The van der Waals surface area contributed by atoms with Crippen LogP contribution in [0.1, 0.15) is 45.4 Å². The minimum absolute atomic E-state index is 0. The molecule has 0 fully saturated rings. The molecule has 0 aromatic carbocycles. The smallest absolute Gasteiger partial charge is 0.0520 e. The Balaban J connectivity index is -0.000000405. The zero-order valence-electron chi connectivity index (χ0n) is 7.79. The molecule has 0 spiro atoms. The molecule has 12 heavy (non-hydrogen) atoms. The first-order valence-corrected chi connectivity index (χ1v) is 4.28. The average molecular weight is 217 g/mol. The second-order valence-electron chi connectivity index (χ2n) is 2.87.